The Balaban J connectivity index is 0.0000133. The average molecular weight is 987 g/mol. The normalized spacial score (nSPS) is 20.7. The van der Waals surface area contributed by atoms with E-state index in [0.29, 0.717) is 89.0 Å². The van der Waals surface area contributed by atoms with Gasteiger partial charge in [-0.3, -0.25) is 24.0 Å². The van der Waals surface area contributed by atoms with Gasteiger partial charge in [0.2, 0.25) is 0 Å². The molecule has 3 bridgehead atoms. The molecule has 1 N–H and O–H groups in total. The summed E-state index contributed by atoms with van der Waals surface area (Å²) in [4.78, 5) is 80.0. The van der Waals surface area contributed by atoms with Crippen LogP contribution in [-0.2, 0) is 52.4 Å². The molecule has 4 saturated carbocycles. The van der Waals surface area contributed by atoms with Gasteiger partial charge in [-0.2, -0.15) is 0 Å². The van der Waals surface area contributed by atoms with E-state index in [9.17, 15) is 28.8 Å². The van der Waals surface area contributed by atoms with Crippen molar-refractivity contribution in [2.24, 2.45) is 28.6 Å². The van der Waals surface area contributed by atoms with E-state index < -0.39 is 23.4 Å². The predicted octanol–water partition coefficient (Wildman–Crippen LogP) is 11.3. The fraction of sp³-hybridized carbons (Fsp3) is 0.821. The summed E-state index contributed by atoms with van der Waals surface area (Å²) in [5.41, 5.74) is -1.000. The fourth-order valence-electron chi connectivity index (χ4n) is 11.0. The maximum Gasteiger partial charge on any atom is 0.407 e. The van der Waals surface area contributed by atoms with Gasteiger partial charge in [0, 0.05) is 46.6 Å². The first kappa shape index (κ1) is 58.6. The van der Waals surface area contributed by atoms with Gasteiger partial charge in [0.25, 0.3) is 0 Å². The lowest BCUT2D eigenvalue weighted by molar-refractivity contribution is -0.166. The molecular formula is C56H94N2O12. The quantitative estimate of drug-likeness (QED) is 0.0267. The Kier molecular flexibility index (Phi) is 28.8. The molecule has 2 unspecified atom stereocenters. The molecule has 1 amide bonds. The van der Waals surface area contributed by atoms with E-state index in [1.54, 1.807) is 0 Å². The van der Waals surface area contributed by atoms with Gasteiger partial charge in [-0.15, -0.1) is 0 Å². The fourth-order valence-corrected chi connectivity index (χ4v) is 11.0. The first-order valence-corrected chi connectivity index (χ1v) is 27.7. The van der Waals surface area contributed by atoms with Crippen LogP contribution in [0.4, 0.5) is 4.79 Å². The Morgan fingerprint density at radius 1 is 0.543 bits per heavy atom. The van der Waals surface area contributed by atoms with Crippen LogP contribution in [0.2, 0.25) is 0 Å². The van der Waals surface area contributed by atoms with Crippen molar-refractivity contribution in [2.45, 2.75) is 200 Å². The molecule has 5 fully saturated rings. The van der Waals surface area contributed by atoms with Crippen LogP contribution in [0.3, 0.4) is 0 Å². The molecular weight excluding hydrogens is 893 g/mol. The number of amides is 1. The van der Waals surface area contributed by atoms with Gasteiger partial charge in [0.1, 0.15) is 31.8 Å². The topological polar surface area (TPSA) is 173 Å². The Morgan fingerprint density at radius 3 is 1.53 bits per heavy atom. The van der Waals surface area contributed by atoms with Crippen molar-refractivity contribution in [1.82, 2.24) is 10.2 Å². The number of carbonyl (C=O) groups is 6. The van der Waals surface area contributed by atoms with Crippen LogP contribution in [0.25, 0.3) is 0 Å². The van der Waals surface area contributed by atoms with Crippen LogP contribution in [-0.4, -0.2) is 107 Å². The third kappa shape index (κ3) is 24.9. The maximum absolute atomic E-state index is 13.6. The van der Waals surface area contributed by atoms with E-state index in [1.807, 2.05) is 0 Å². The second kappa shape index (κ2) is 34.4. The largest absolute Gasteiger partial charge is 0.465 e. The zero-order valence-electron chi connectivity index (χ0n) is 43.5. The zero-order chi connectivity index (χ0) is 50.1. The highest BCUT2D eigenvalue weighted by molar-refractivity contribution is 5.71. The number of nitrogens with one attached hydrogen (secondary N) is 1. The average Bonchev–Trinajstić information content (AvgIpc) is 3.85. The molecule has 400 valence electrons. The van der Waals surface area contributed by atoms with Crippen molar-refractivity contribution < 1.29 is 58.6 Å². The van der Waals surface area contributed by atoms with Gasteiger partial charge in [0.15, 0.2) is 0 Å². The third-order valence-electron chi connectivity index (χ3n) is 14.6. The van der Waals surface area contributed by atoms with Gasteiger partial charge in [-0.05, 0) is 152 Å². The number of unbranched alkanes of at least 4 members (excludes halogenated alkanes) is 10. The number of carbonyl (C=O) groups excluding carboxylic acids is 6. The highest BCUT2D eigenvalue weighted by atomic mass is 16.6. The van der Waals surface area contributed by atoms with Crippen molar-refractivity contribution >= 4 is 35.9 Å². The molecule has 14 nitrogen and oxygen atoms in total. The zero-order valence-corrected chi connectivity index (χ0v) is 43.5. The van der Waals surface area contributed by atoms with Gasteiger partial charge < -0.3 is 38.6 Å². The first-order chi connectivity index (χ1) is 34.0. The highest BCUT2D eigenvalue weighted by Crippen LogP contribution is 2.64. The Bertz CT molecular complexity index is 1540. The Morgan fingerprint density at radius 2 is 1.01 bits per heavy atom. The second-order valence-corrected chi connectivity index (χ2v) is 21.2. The lowest BCUT2D eigenvalue weighted by Crippen LogP contribution is -2.50. The summed E-state index contributed by atoms with van der Waals surface area (Å²) in [7, 11) is 0. The predicted molar refractivity (Wildman–Crippen MR) is 272 cm³/mol. The number of allylic oxidation sites excluding steroid dienone is 2. The molecule has 1 spiro atoms. The summed E-state index contributed by atoms with van der Waals surface area (Å²) in [6.07, 6.45) is 32.0. The van der Waals surface area contributed by atoms with Gasteiger partial charge in [0.05, 0.1) is 13.2 Å². The molecule has 0 radical (unpaired) electrons. The number of esters is 5. The van der Waals surface area contributed by atoms with Gasteiger partial charge >= 0.3 is 35.9 Å². The van der Waals surface area contributed by atoms with Crippen LogP contribution >= 0.6 is 0 Å². The lowest BCUT2D eigenvalue weighted by Gasteiger charge is -2.60. The molecule has 0 aromatic carbocycles. The van der Waals surface area contributed by atoms with E-state index in [4.69, 9.17) is 28.4 Å². The summed E-state index contributed by atoms with van der Waals surface area (Å²) < 4.78 is 34.1. The number of hydrogen-bond donors (Lipinski definition) is 1. The molecule has 5 rings (SSSR count). The molecule has 5 aliphatic rings. The van der Waals surface area contributed by atoms with Crippen LogP contribution in [0.1, 0.15) is 201 Å². The van der Waals surface area contributed by atoms with Crippen molar-refractivity contribution in [3.05, 3.63) is 24.3 Å². The van der Waals surface area contributed by atoms with Gasteiger partial charge in [-0.1, -0.05) is 76.7 Å². The van der Waals surface area contributed by atoms with Crippen molar-refractivity contribution in [1.29, 1.82) is 0 Å². The Hall–Kier alpha value is -3.94. The molecule has 4 aliphatic carbocycles. The molecule has 14 heteroatoms. The SMILES string of the molecule is CCCCC/C=C\CCOC(=O)CCCCCC(=O)OCC(COC(=O)CCCCCC(=O)OCC/C=C\CCCCC)(COC(=O)CC1CC2CC3CC(C1)(C2)C3)COC(=O)NCCN1CCCC1.[HH]. The number of nitrogens with zero attached hydrogens (tertiary/aromatic N) is 1. The van der Waals surface area contributed by atoms with Crippen molar-refractivity contribution in [3.8, 4) is 0 Å². The van der Waals surface area contributed by atoms with Crippen molar-refractivity contribution in [3.63, 3.8) is 0 Å². The number of hydrogen-bond acceptors (Lipinski definition) is 13. The summed E-state index contributed by atoms with van der Waals surface area (Å²) in [6.45, 7) is 6.84. The molecule has 70 heavy (non-hydrogen) atoms. The van der Waals surface area contributed by atoms with Crippen LogP contribution < -0.4 is 5.32 Å². The number of likely N-dealkylation sites (tertiary alicyclic amines) is 1. The number of alkyl carbamates (subject to hydrolysis) is 1. The minimum absolute atomic E-state index is 0. The minimum Gasteiger partial charge on any atom is -0.465 e. The highest BCUT2D eigenvalue weighted by Gasteiger charge is 2.54. The first-order valence-electron chi connectivity index (χ1n) is 27.7. The van der Waals surface area contributed by atoms with E-state index in [-0.39, 0.29) is 83.8 Å². The maximum atomic E-state index is 13.6. The molecule has 2 atom stereocenters. The number of rotatable bonds is 39. The van der Waals surface area contributed by atoms with Gasteiger partial charge in [-0.25, -0.2) is 4.79 Å². The van der Waals surface area contributed by atoms with E-state index in [1.165, 1.54) is 64.2 Å². The smallest absolute Gasteiger partial charge is 0.407 e. The van der Waals surface area contributed by atoms with E-state index in [2.05, 4.69) is 48.4 Å². The van der Waals surface area contributed by atoms with Crippen LogP contribution in [0.15, 0.2) is 24.3 Å². The summed E-state index contributed by atoms with van der Waals surface area (Å²) in [6, 6.07) is 0. The summed E-state index contributed by atoms with van der Waals surface area (Å²) >= 11 is 0. The summed E-state index contributed by atoms with van der Waals surface area (Å²) in [5, 5.41) is 2.81. The summed E-state index contributed by atoms with van der Waals surface area (Å²) in [5.74, 6) is -0.160. The molecule has 1 aliphatic heterocycles. The Labute approximate surface area is 422 Å². The molecule has 0 aromatic heterocycles. The lowest BCUT2D eigenvalue weighted by atomic mass is 9.45. The van der Waals surface area contributed by atoms with Crippen molar-refractivity contribution in [2.75, 3.05) is 65.8 Å². The minimum atomic E-state index is -1.38. The second-order valence-electron chi connectivity index (χ2n) is 21.2. The van der Waals surface area contributed by atoms with E-state index >= 15 is 0 Å². The standard InChI is InChI=1S/C56H92N2O12.H2/c1-3-5-7-9-11-13-23-33-65-49(59)25-17-15-19-27-51(61)67-42-56(45-70-54(64)57-29-32-58-30-21-22-31-58,44-69-53(63)37-47-35-46-36-48-40-55(38-46,39-47)41-48)43-68-52(62)28-20-16-18-26-50(60)66-34-24-14-12-10-8-6-4-2;/h11-14,46-48H,3-10,15-45H2,1-2H3,(H,57,64);1H/b13-11-,14-12-;. The molecule has 0 aromatic rings. The molecule has 1 heterocycles. The molecule has 1 saturated heterocycles. The number of ether oxygens (including phenoxy) is 6. The van der Waals surface area contributed by atoms with E-state index in [0.717, 1.165) is 57.5 Å². The monoisotopic (exact) mass is 987 g/mol. The van der Waals surface area contributed by atoms with Crippen LogP contribution in [0.5, 0.6) is 0 Å². The third-order valence-corrected chi connectivity index (χ3v) is 14.6. The van der Waals surface area contributed by atoms with Crippen LogP contribution in [0, 0.1) is 28.6 Å².